The summed E-state index contributed by atoms with van der Waals surface area (Å²) in [6, 6.07) is 10.9. The van der Waals surface area contributed by atoms with E-state index in [0.717, 1.165) is 5.56 Å². The molecule has 0 heterocycles. The minimum atomic E-state index is -1.02. The van der Waals surface area contributed by atoms with Crippen molar-refractivity contribution in [1.82, 2.24) is 5.32 Å². The molecule has 0 amide bonds. The fourth-order valence-electron chi connectivity index (χ4n) is 1.84. The van der Waals surface area contributed by atoms with Crippen LogP contribution in [0.25, 0.3) is 0 Å². The SMILES string of the molecule is O=C(O)C(NCc1ccc(F)cc1)c1ccc(O)cc1. The largest absolute Gasteiger partial charge is 0.508 e. The smallest absolute Gasteiger partial charge is 0.325 e. The first-order valence-electron chi connectivity index (χ1n) is 6.06. The van der Waals surface area contributed by atoms with Crippen LogP contribution in [0.3, 0.4) is 0 Å². The number of carboxylic acids is 1. The Bertz CT molecular complexity index is 581. The first-order chi connectivity index (χ1) is 9.56. The average Bonchev–Trinajstić information content (AvgIpc) is 2.43. The Kier molecular flexibility index (Phi) is 4.32. The average molecular weight is 275 g/mol. The van der Waals surface area contributed by atoms with Crippen molar-refractivity contribution in [2.24, 2.45) is 0 Å². The highest BCUT2D eigenvalue weighted by molar-refractivity contribution is 5.75. The summed E-state index contributed by atoms with van der Waals surface area (Å²) in [6.07, 6.45) is 0. The van der Waals surface area contributed by atoms with Crippen LogP contribution in [-0.4, -0.2) is 16.2 Å². The van der Waals surface area contributed by atoms with Crippen LogP contribution in [0.15, 0.2) is 48.5 Å². The van der Waals surface area contributed by atoms with Crippen LogP contribution in [0.1, 0.15) is 17.2 Å². The molecule has 104 valence electrons. The Morgan fingerprint density at radius 2 is 1.70 bits per heavy atom. The molecule has 2 rings (SSSR count). The molecule has 0 aliphatic carbocycles. The fourth-order valence-corrected chi connectivity index (χ4v) is 1.84. The summed E-state index contributed by atoms with van der Waals surface area (Å²) in [4.78, 5) is 11.3. The van der Waals surface area contributed by atoms with E-state index in [1.165, 1.54) is 24.3 Å². The third kappa shape index (κ3) is 3.55. The number of hydrogen-bond acceptors (Lipinski definition) is 3. The lowest BCUT2D eigenvalue weighted by molar-refractivity contribution is -0.139. The number of phenols is 1. The highest BCUT2D eigenvalue weighted by Crippen LogP contribution is 2.18. The van der Waals surface area contributed by atoms with Gasteiger partial charge in [0.1, 0.15) is 17.6 Å². The number of benzene rings is 2. The van der Waals surface area contributed by atoms with Crippen LogP contribution < -0.4 is 5.32 Å². The quantitative estimate of drug-likeness (QED) is 0.784. The predicted octanol–water partition coefficient (Wildman–Crippen LogP) is 2.45. The molecule has 1 atom stereocenters. The number of aliphatic carboxylic acids is 1. The molecule has 0 aliphatic heterocycles. The van der Waals surface area contributed by atoms with Gasteiger partial charge in [0.25, 0.3) is 0 Å². The Morgan fingerprint density at radius 3 is 2.25 bits per heavy atom. The minimum Gasteiger partial charge on any atom is -0.508 e. The summed E-state index contributed by atoms with van der Waals surface area (Å²) in [5, 5.41) is 21.3. The second-order valence-electron chi connectivity index (χ2n) is 4.37. The number of nitrogens with one attached hydrogen (secondary N) is 1. The number of carboxylic acid groups (broad SMARTS) is 1. The molecule has 0 saturated carbocycles. The molecule has 0 aromatic heterocycles. The van der Waals surface area contributed by atoms with Gasteiger partial charge < -0.3 is 10.2 Å². The van der Waals surface area contributed by atoms with Crippen molar-refractivity contribution in [3.63, 3.8) is 0 Å². The van der Waals surface area contributed by atoms with Crippen LogP contribution >= 0.6 is 0 Å². The molecular formula is C15H14FNO3. The molecule has 0 radical (unpaired) electrons. The Labute approximate surface area is 115 Å². The second-order valence-corrected chi connectivity index (χ2v) is 4.37. The first kappa shape index (κ1) is 14.0. The molecule has 0 saturated heterocycles. The summed E-state index contributed by atoms with van der Waals surface area (Å²) in [5.74, 6) is -1.27. The third-order valence-electron chi connectivity index (χ3n) is 2.90. The fraction of sp³-hybridized carbons (Fsp3) is 0.133. The molecular weight excluding hydrogens is 261 g/mol. The van der Waals surface area contributed by atoms with E-state index in [-0.39, 0.29) is 11.6 Å². The van der Waals surface area contributed by atoms with Gasteiger partial charge in [-0.3, -0.25) is 10.1 Å². The summed E-state index contributed by atoms with van der Waals surface area (Å²) in [7, 11) is 0. The number of aromatic hydroxyl groups is 1. The zero-order valence-corrected chi connectivity index (χ0v) is 10.6. The summed E-state index contributed by atoms with van der Waals surface area (Å²) < 4.78 is 12.8. The van der Waals surface area contributed by atoms with Gasteiger partial charge in [0, 0.05) is 6.54 Å². The highest BCUT2D eigenvalue weighted by atomic mass is 19.1. The number of phenolic OH excluding ortho intramolecular Hbond substituents is 1. The normalized spacial score (nSPS) is 12.1. The third-order valence-corrected chi connectivity index (χ3v) is 2.90. The van der Waals surface area contributed by atoms with Crippen molar-refractivity contribution < 1.29 is 19.4 Å². The van der Waals surface area contributed by atoms with Crippen molar-refractivity contribution in [2.75, 3.05) is 0 Å². The van der Waals surface area contributed by atoms with E-state index in [2.05, 4.69) is 5.32 Å². The maximum Gasteiger partial charge on any atom is 0.325 e. The van der Waals surface area contributed by atoms with Crippen LogP contribution in [-0.2, 0) is 11.3 Å². The van der Waals surface area contributed by atoms with Crippen molar-refractivity contribution in [3.8, 4) is 5.75 Å². The Hall–Kier alpha value is -2.40. The molecule has 1 unspecified atom stereocenters. The molecule has 0 spiro atoms. The molecule has 3 N–H and O–H groups in total. The maximum atomic E-state index is 12.8. The standard InChI is InChI=1S/C15H14FNO3/c16-12-5-1-10(2-6-12)9-17-14(15(19)20)11-3-7-13(18)8-4-11/h1-8,14,17-18H,9H2,(H,19,20). The second kappa shape index (κ2) is 6.16. The van der Waals surface area contributed by atoms with Crippen molar-refractivity contribution in [2.45, 2.75) is 12.6 Å². The van der Waals surface area contributed by atoms with E-state index in [1.807, 2.05) is 0 Å². The van der Waals surface area contributed by atoms with Crippen molar-refractivity contribution in [1.29, 1.82) is 0 Å². The van der Waals surface area contributed by atoms with E-state index in [4.69, 9.17) is 0 Å². The Morgan fingerprint density at radius 1 is 1.10 bits per heavy atom. The minimum absolute atomic E-state index is 0.0800. The number of halogens is 1. The number of rotatable bonds is 5. The van der Waals surface area contributed by atoms with Gasteiger partial charge in [0.05, 0.1) is 0 Å². The molecule has 20 heavy (non-hydrogen) atoms. The lowest BCUT2D eigenvalue weighted by atomic mass is 10.1. The number of hydrogen-bond donors (Lipinski definition) is 3. The molecule has 0 bridgehead atoms. The molecule has 0 fully saturated rings. The molecule has 0 aliphatic rings. The summed E-state index contributed by atoms with van der Waals surface area (Å²) in [6.45, 7) is 0.304. The van der Waals surface area contributed by atoms with Gasteiger partial charge in [-0.2, -0.15) is 0 Å². The van der Waals surface area contributed by atoms with Crippen molar-refractivity contribution in [3.05, 3.63) is 65.5 Å². The topological polar surface area (TPSA) is 69.6 Å². The van der Waals surface area contributed by atoms with Crippen LogP contribution in [0.2, 0.25) is 0 Å². The van der Waals surface area contributed by atoms with Gasteiger partial charge in [-0.05, 0) is 35.4 Å². The van der Waals surface area contributed by atoms with Gasteiger partial charge in [-0.15, -0.1) is 0 Å². The van der Waals surface area contributed by atoms with Gasteiger partial charge in [0.15, 0.2) is 0 Å². The van der Waals surface area contributed by atoms with Crippen LogP contribution in [0.4, 0.5) is 4.39 Å². The van der Waals surface area contributed by atoms with Gasteiger partial charge >= 0.3 is 5.97 Å². The van der Waals surface area contributed by atoms with Gasteiger partial charge in [0.2, 0.25) is 0 Å². The van der Waals surface area contributed by atoms with E-state index in [1.54, 1.807) is 24.3 Å². The monoisotopic (exact) mass is 275 g/mol. The van der Waals surface area contributed by atoms with E-state index in [9.17, 15) is 19.4 Å². The van der Waals surface area contributed by atoms with Crippen molar-refractivity contribution >= 4 is 5.97 Å². The van der Waals surface area contributed by atoms with Crippen LogP contribution in [0, 0.1) is 5.82 Å². The Balaban J connectivity index is 2.08. The lowest BCUT2D eigenvalue weighted by Crippen LogP contribution is -2.28. The summed E-state index contributed by atoms with van der Waals surface area (Å²) in [5.41, 5.74) is 1.33. The predicted molar refractivity (Wildman–Crippen MR) is 71.7 cm³/mol. The maximum absolute atomic E-state index is 12.8. The lowest BCUT2D eigenvalue weighted by Gasteiger charge is -2.15. The van der Waals surface area contributed by atoms with E-state index < -0.39 is 12.0 Å². The van der Waals surface area contributed by atoms with Crippen LogP contribution in [0.5, 0.6) is 5.75 Å². The number of carbonyl (C=O) groups is 1. The van der Waals surface area contributed by atoms with Gasteiger partial charge in [-0.1, -0.05) is 24.3 Å². The van der Waals surface area contributed by atoms with Gasteiger partial charge in [-0.25, -0.2) is 4.39 Å². The molecule has 2 aromatic carbocycles. The zero-order chi connectivity index (χ0) is 14.5. The van der Waals surface area contributed by atoms with E-state index in [0.29, 0.717) is 12.1 Å². The molecule has 5 heteroatoms. The highest BCUT2D eigenvalue weighted by Gasteiger charge is 2.18. The molecule has 2 aromatic rings. The summed E-state index contributed by atoms with van der Waals surface area (Å²) >= 11 is 0. The van der Waals surface area contributed by atoms with E-state index >= 15 is 0 Å². The molecule has 4 nitrogen and oxygen atoms in total. The zero-order valence-electron chi connectivity index (χ0n) is 10.6. The first-order valence-corrected chi connectivity index (χ1v) is 6.06.